The van der Waals surface area contributed by atoms with Crippen molar-refractivity contribution in [1.29, 1.82) is 0 Å². The number of para-hydroxylation sites is 1. The highest BCUT2D eigenvalue weighted by molar-refractivity contribution is 9.10. The minimum absolute atomic E-state index is 0.248. The summed E-state index contributed by atoms with van der Waals surface area (Å²) in [6, 6.07) is 18.4. The van der Waals surface area contributed by atoms with Gasteiger partial charge < -0.3 is 5.32 Å². The first-order chi connectivity index (χ1) is 13.0. The molecular formula is C20H11BrCl2N2OS. The Morgan fingerprint density at radius 2 is 1.74 bits per heavy atom. The van der Waals surface area contributed by atoms with E-state index in [1.807, 2.05) is 36.4 Å². The predicted octanol–water partition coefficient (Wildman–Crippen LogP) is 7.28. The largest absolute Gasteiger partial charge is 0.321 e. The average Bonchev–Trinajstić information content (AvgIpc) is 3.08. The molecule has 4 rings (SSSR count). The Hall–Kier alpha value is -1.92. The minimum Gasteiger partial charge on any atom is -0.321 e. The van der Waals surface area contributed by atoms with Crippen LogP contribution in [0.25, 0.3) is 20.8 Å². The molecule has 1 amide bonds. The summed E-state index contributed by atoms with van der Waals surface area (Å²) in [5.41, 5.74) is 2.66. The van der Waals surface area contributed by atoms with Gasteiger partial charge in [-0.2, -0.15) is 0 Å². The molecule has 1 aromatic heterocycles. The normalized spacial score (nSPS) is 10.9. The molecule has 0 aliphatic rings. The van der Waals surface area contributed by atoms with Gasteiger partial charge in [0.1, 0.15) is 5.01 Å². The highest BCUT2D eigenvalue weighted by atomic mass is 79.9. The molecule has 0 saturated heterocycles. The molecule has 0 fully saturated rings. The van der Waals surface area contributed by atoms with Crippen LogP contribution in [-0.4, -0.2) is 10.9 Å². The van der Waals surface area contributed by atoms with Crippen molar-refractivity contribution in [2.75, 3.05) is 5.32 Å². The number of aromatic nitrogens is 1. The van der Waals surface area contributed by atoms with Crippen LogP contribution in [0.4, 0.5) is 5.69 Å². The van der Waals surface area contributed by atoms with E-state index in [1.54, 1.807) is 24.3 Å². The number of halogens is 3. The Morgan fingerprint density at radius 1 is 1.00 bits per heavy atom. The number of nitrogens with one attached hydrogen (secondary N) is 1. The summed E-state index contributed by atoms with van der Waals surface area (Å²) < 4.78 is 1.97. The molecule has 1 heterocycles. The summed E-state index contributed by atoms with van der Waals surface area (Å²) in [4.78, 5) is 17.2. The molecule has 0 saturated carbocycles. The number of rotatable bonds is 3. The zero-order valence-electron chi connectivity index (χ0n) is 13.7. The molecule has 134 valence electrons. The van der Waals surface area contributed by atoms with Crippen LogP contribution in [-0.2, 0) is 0 Å². The molecule has 4 aromatic rings. The quantitative estimate of drug-likeness (QED) is 0.336. The van der Waals surface area contributed by atoms with E-state index in [4.69, 9.17) is 23.2 Å². The van der Waals surface area contributed by atoms with Crippen molar-refractivity contribution in [3.05, 3.63) is 80.7 Å². The number of hydrogen-bond donors (Lipinski definition) is 1. The van der Waals surface area contributed by atoms with Crippen LogP contribution in [0.5, 0.6) is 0 Å². The summed E-state index contributed by atoms with van der Waals surface area (Å²) in [6.45, 7) is 0. The van der Waals surface area contributed by atoms with Crippen molar-refractivity contribution in [2.45, 2.75) is 0 Å². The third kappa shape index (κ3) is 3.87. The summed E-state index contributed by atoms with van der Waals surface area (Å²) in [5, 5.41) is 4.48. The highest BCUT2D eigenvalue weighted by Crippen LogP contribution is 2.39. The number of benzene rings is 3. The molecule has 0 radical (unpaired) electrons. The Morgan fingerprint density at radius 3 is 2.48 bits per heavy atom. The fraction of sp³-hybridized carbons (Fsp3) is 0. The number of carbonyl (C=O) groups is 1. The first-order valence-corrected chi connectivity index (χ1v) is 10.3. The van der Waals surface area contributed by atoms with Gasteiger partial charge in [0, 0.05) is 15.6 Å². The molecule has 27 heavy (non-hydrogen) atoms. The van der Waals surface area contributed by atoms with Crippen LogP contribution in [0.2, 0.25) is 10.0 Å². The predicted molar refractivity (Wildman–Crippen MR) is 117 cm³/mol. The Labute approximate surface area is 178 Å². The monoisotopic (exact) mass is 476 g/mol. The molecular weight excluding hydrogens is 467 g/mol. The van der Waals surface area contributed by atoms with E-state index in [2.05, 4.69) is 26.2 Å². The van der Waals surface area contributed by atoms with E-state index in [1.165, 1.54) is 11.3 Å². The molecule has 0 bridgehead atoms. The molecule has 3 nitrogen and oxygen atoms in total. The van der Waals surface area contributed by atoms with E-state index < -0.39 is 0 Å². The average molecular weight is 478 g/mol. The van der Waals surface area contributed by atoms with Gasteiger partial charge in [0.15, 0.2) is 0 Å². The van der Waals surface area contributed by atoms with Gasteiger partial charge in [0.05, 0.1) is 25.9 Å². The maximum Gasteiger partial charge on any atom is 0.255 e. The van der Waals surface area contributed by atoms with Crippen LogP contribution in [0.1, 0.15) is 10.4 Å². The van der Waals surface area contributed by atoms with Gasteiger partial charge >= 0.3 is 0 Å². The second-order valence-corrected chi connectivity index (χ2v) is 8.52. The summed E-state index contributed by atoms with van der Waals surface area (Å²) >= 11 is 17.6. The Bertz CT molecular complexity index is 1130. The van der Waals surface area contributed by atoms with Crippen molar-refractivity contribution in [3.63, 3.8) is 0 Å². The van der Waals surface area contributed by atoms with Crippen LogP contribution >= 0.6 is 50.5 Å². The highest BCUT2D eigenvalue weighted by Gasteiger charge is 2.15. The fourth-order valence-electron chi connectivity index (χ4n) is 2.59. The van der Waals surface area contributed by atoms with Crippen molar-refractivity contribution in [1.82, 2.24) is 4.98 Å². The Balaban J connectivity index is 1.70. The zero-order chi connectivity index (χ0) is 19.0. The molecule has 7 heteroatoms. The lowest BCUT2D eigenvalue weighted by atomic mass is 10.1. The zero-order valence-corrected chi connectivity index (χ0v) is 17.6. The van der Waals surface area contributed by atoms with Crippen LogP contribution < -0.4 is 5.32 Å². The summed E-state index contributed by atoms with van der Waals surface area (Å²) in [5.74, 6) is -0.248. The summed E-state index contributed by atoms with van der Waals surface area (Å²) in [7, 11) is 0. The van der Waals surface area contributed by atoms with Gasteiger partial charge in [0.2, 0.25) is 0 Å². The van der Waals surface area contributed by atoms with Gasteiger partial charge in [-0.05, 0) is 48.5 Å². The van der Waals surface area contributed by atoms with Crippen molar-refractivity contribution in [2.24, 2.45) is 0 Å². The van der Waals surface area contributed by atoms with Crippen LogP contribution in [0.3, 0.4) is 0 Å². The van der Waals surface area contributed by atoms with E-state index in [9.17, 15) is 4.79 Å². The first-order valence-electron chi connectivity index (χ1n) is 7.93. The number of fused-ring (bicyclic) bond motifs is 1. The number of thiazole rings is 1. The SMILES string of the molecule is O=C(Nc1cc(-c2nc3ccccc3s2)c(Cl)cc1Cl)c1ccc(Br)cc1. The van der Waals surface area contributed by atoms with Crippen molar-refractivity contribution in [3.8, 4) is 10.6 Å². The molecule has 0 spiro atoms. The molecule has 0 aliphatic heterocycles. The third-order valence-electron chi connectivity index (χ3n) is 3.94. The Kier molecular flexibility index (Phi) is 5.19. The lowest BCUT2D eigenvalue weighted by Crippen LogP contribution is -2.12. The second-order valence-electron chi connectivity index (χ2n) is 5.76. The summed E-state index contributed by atoms with van der Waals surface area (Å²) in [6.07, 6.45) is 0. The van der Waals surface area contributed by atoms with Crippen LogP contribution in [0.15, 0.2) is 65.1 Å². The molecule has 0 unspecified atom stereocenters. The molecule has 0 aliphatic carbocycles. The first kappa shape index (κ1) is 18.4. The van der Waals surface area contributed by atoms with E-state index in [-0.39, 0.29) is 5.91 Å². The fourth-order valence-corrected chi connectivity index (χ4v) is 4.43. The maximum atomic E-state index is 12.5. The molecule has 3 aromatic carbocycles. The van der Waals surface area contributed by atoms with Gasteiger partial charge in [-0.3, -0.25) is 4.79 Å². The van der Waals surface area contributed by atoms with E-state index in [0.717, 1.165) is 25.3 Å². The van der Waals surface area contributed by atoms with Crippen molar-refractivity contribution < 1.29 is 4.79 Å². The number of anilines is 1. The van der Waals surface area contributed by atoms with Crippen molar-refractivity contribution >= 4 is 72.3 Å². The number of amides is 1. The lowest BCUT2D eigenvalue weighted by molar-refractivity contribution is 0.102. The smallest absolute Gasteiger partial charge is 0.255 e. The lowest BCUT2D eigenvalue weighted by Gasteiger charge is -2.10. The number of nitrogens with zero attached hydrogens (tertiary/aromatic N) is 1. The standard InChI is InChI=1S/C20H11BrCl2N2OS/c21-12-7-5-11(6-8-12)19(26)24-17-9-13(14(22)10-15(17)23)20-25-16-3-1-2-4-18(16)27-20/h1-10H,(H,24,26). The second kappa shape index (κ2) is 7.60. The van der Waals surface area contributed by atoms with Gasteiger partial charge in [-0.1, -0.05) is 51.3 Å². The maximum absolute atomic E-state index is 12.5. The number of hydrogen-bond acceptors (Lipinski definition) is 3. The molecule has 0 atom stereocenters. The third-order valence-corrected chi connectivity index (χ3v) is 6.16. The topological polar surface area (TPSA) is 42.0 Å². The van der Waals surface area contributed by atoms with E-state index in [0.29, 0.717) is 21.3 Å². The molecule has 1 N–H and O–H groups in total. The minimum atomic E-state index is -0.248. The number of carbonyl (C=O) groups excluding carboxylic acids is 1. The van der Waals surface area contributed by atoms with Crippen LogP contribution in [0, 0.1) is 0 Å². The van der Waals surface area contributed by atoms with Gasteiger partial charge in [-0.25, -0.2) is 4.98 Å². The van der Waals surface area contributed by atoms with Gasteiger partial charge in [-0.15, -0.1) is 11.3 Å². The van der Waals surface area contributed by atoms with E-state index >= 15 is 0 Å². The van der Waals surface area contributed by atoms with Gasteiger partial charge in [0.25, 0.3) is 5.91 Å².